The summed E-state index contributed by atoms with van der Waals surface area (Å²) in [6.07, 6.45) is 1.54. The molecule has 112 valence electrons. The van der Waals surface area contributed by atoms with Gasteiger partial charge in [0.1, 0.15) is 11.6 Å². The maximum absolute atomic E-state index is 14.0. The van der Waals surface area contributed by atoms with Gasteiger partial charge < -0.3 is 5.32 Å². The fraction of sp³-hybridized carbons (Fsp3) is 0.333. The van der Waals surface area contributed by atoms with Gasteiger partial charge in [-0.05, 0) is 55.6 Å². The van der Waals surface area contributed by atoms with Gasteiger partial charge in [-0.2, -0.15) is 0 Å². The Morgan fingerprint density at radius 1 is 1.10 bits per heavy atom. The number of rotatable bonds is 6. The van der Waals surface area contributed by atoms with Crippen molar-refractivity contribution in [3.8, 4) is 0 Å². The lowest BCUT2D eigenvalue weighted by molar-refractivity contribution is 0.495. The first-order valence-electron chi connectivity index (χ1n) is 7.34. The van der Waals surface area contributed by atoms with E-state index in [-0.39, 0.29) is 17.7 Å². The van der Waals surface area contributed by atoms with E-state index in [2.05, 4.69) is 12.2 Å². The summed E-state index contributed by atoms with van der Waals surface area (Å²) in [7, 11) is 0. The zero-order chi connectivity index (χ0) is 15.2. The van der Waals surface area contributed by atoms with Gasteiger partial charge in [-0.25, -0.2) is 8.78 Å². The van der Waals surface area contributed by atoms with E-state index in [0.717, 1.165) is 24.1 Å². The molecule has 1 atom stereocenters. The van der Waals surface area contributed by atoms with Gasteiger partial charge in [0.05, 0.1) is 0 Å². The molecule has 3 heteroatoms. The standard InChI is InChI=1S/C18H21F2N/c1-3-10-21-18(16-6-4-5-7-17(16)20)12-14-11-15(19)9-8-13(14)2/h4-9,11,18,21H,3,10,12H2,1-2H3. The van der Waals surface area contributed by atoms with Gasteiger partial charge in [-0.15, -0.1) is 0 Å². The van der Waals surface area contributed by atoms with Crippen molar-refractivity contribution in [3.63, 3.8) is 0 Å². The van der Waals surface area contributed by atoms with Crippen LogP contribution in [0.25, 0.3) is 0 Å². The van der Waals surface area contributed by atoms with Crippen LogP contribution in [0.1, 0.15) is 36.1 Å². The molecule has 0 bridgehead atoms. The van der Waals surface area contributed by atoms with Crippen LogP contribution in [0.4, 0.5) is 8.78 Å². The Kier molecular flexibility index (Phi) is 5.45. The van der Waals surface area contributed by atoms with Crippen molar-refractivity contribution in [3.05, 3.63) is 70.8 Å². The molecule has 0 saturated heterocycles. The van der Waals surface area contributed by atoms with Crippen LogP contribution in [0.5, 0.6) is 0 Å². The summed E-state index contributed by atoms with van der Waals surface area (Å²) in [5.74, 6) is -0.474. The second-order valence-electron chi connectivity index (χ2n) is 5.30. The second kappa shape index (κ2) is 7.32. The molecular weight excluding hydrogens is 268 g/mol. The van der Waals surface area contributed by atoms with Gasteiger partial charge in [0, 0.05) is 11.6 Å². The predicted octanol–water partition coefficient (Wildman–Crippen LogP) is 4.56. The Morgan fingerprint density at radius 3 is 2.57 bits per heavy atom. The lowest BCUT2D eigenvalue weighted by Gasteiger charge is -2.21. The molecule has 0 fully saturated rings. The number of benzene rings is 2. The second-order valence-corrected chi connectivity index (χ2v) is 5.30. The minimum Gasteiger partial charge on any atom is -0.310 e. The minimum atomic E-state index is -0.252. The number of hydrogen-bond acceptors (Lipinski definition) is 1. The molecule has 0 heterocycles. The smallest absolute Gasteiger partial charge is 0.127 e. The van der Waals surface area contributed by atoms with E-state index in [1.54, 1.807) is 18.2 Å². The molecule has 0 aliphatic carbocycles. The maximum Gasteiger partial charge on any atom is 0.127 e. The quantitative estimate of drug-likeness (QED) is 0.822. The molecule has 2 aromatic rings. The van der Waals surface area contributed by atoms with E-state index < -0.39 is 0 Å². The summed E-state index contributed by atoms with van der Waals surface area (Å²) in [6, 6.07) is 11.4. The first-order valence-corrected chi connectivity index (χ1v) is 7.34. The zero-order valence-corrected chi connectivity index (χ0v) is 12.5. The van der Waals surface area contributed by atoms with Crippen LogP contribution in [0.3, 0.4) is 0 Å². The average Bonchev–Trinajstić information content (AvgIpc) is 2.48. The third-order valence-electron chi connectivity index (χ3n) is 3.66. The summed E-state index contributed by atoms with van der Waals surface area (Å²) < 4.78 is 27.5. The van der Waals surface area contributed by atoms with E-state index >= 15 is 0 Å². The van der Waals surface area contributed by atoms with Crippen molar-refractivity contribution in [1.29, 1.82) is 0 Å². The highest BCUT2D eigenvalue weighted by Crippen LogP contribution is 2.23. The molecule has 0 aliphatic heterocycles. The molecule has 21 heavy (non-hydrogen) atoms. The zero-order valence-electron chi connectivity index (χ0n) is 12.5. The number of halogens is 2. The molecule has 1 N–H and O–H groups in total. The minimum absolute atomic E-state index is 0.147. The first-order chi connectivity index (χ1) is 10.1. The van der Waals surface area contributed by atoms with E-state index in [1.807, 2.05) is 13.0 Å². The number of hydrogen-bond donors (Lipinski definition) is 1. The molecule has 0 aromatic heterocycles. The molecule has 0 spiro atoms. The third-order valence-corrected chi connectivity index (χ3v) is 3.66. The lowest BCUT2D eigenvalue weighted by Crippen LogP contribution is -2.25. The maximum atomic E-state index is 14.0. The van der Waals surface area contributed by atoms with E-state index in [1.165, 1.54) is 18.2 Å². The normalized spacial score (nSPS) is 12.4. The summed E-state index contributed by atoms with van der Waals surface area (Å²) in [5.41, 5.74) is 2.57. The van der Waals surface area contributed by atoms with Crippen LogP contribution in [-0.4, -0.2) is 6.54 Å². The molecule has 2 rings (SSSR count). The van der Waals surface area contributed by atoms with Crippen molar-refractivity contribution in [2.75, 3.05) is 6.54 Å². The summed E-state index contributed by atoms with van der Waals surface area (Å²) >= 11 is 0. The molecule has 0 radical (unpaired) electrons. The van der Waals surface area contributed by atoms with Gasteiger partial charge >= 0.3 is 0 Å². The molecule has 1 nitrogen and oxygen atoms in total. The lowest BCUT2D eigenvalue weighted by atomic mass is 9.95. The predicted molar refractivity (Wildman–Crippen MR) is 82.3 cm³/mol. The third kappa shape index (κ3) is 4.11. The van der Waals surface area contributed by atoms with Gasteiger partial charge in [0.25, 0.3) is 0 Å². The summed E-state index contributed by atoms with van der Waals surface area (Å²) in [6.45, 7) is 4.82. The van der Waals surface area contributed by atoms with Gasteiger partial charge in [0.2, 0.25) is 0 Å². The Hall–Kier alpha value is -1.74. The average molecular weight is 289 g/mol. The Balaban J connectivity index is 2.28. The Morgan fingerprint density at radius 2 is 1.86 bits per heavy atom. The molecule has 2 aromatic carbocycles. The highest BCUT2D eigenvalue weighted by atomic mass is 19.1. The molecule has 0 saturated carbocycles. The topological polar surface area (TPSA) is 12.0 Å². The molecule has 0 aliphatic rings. The van der Waals surface area contributed by atoms with Crippen molar-refractivity contribution < 1.29 is 8.78 Å². The van der Waals surface area contributed by atoms with Crippen LogP contribution in [-0.2, 0) is 6.42 Å². The van der Waals surface area contributed by atoms with E-state index in [9.17, 15) is 8.78 Å². The van der Waals surface area contributed by atoms with Crippen LogP contribution < -0.4 is 5.32 Å². The fourth-order valence-electron chi connectivity index (χ4n) is 2.45. The van der Waals surface area contributed by atoms with Crippen molar-refractivity contribution in [2.45, 2.75) is 32.7 Å². The first kappa shape index (κ1) is 15.6. The highest BCUT2D eigenvalue weighted by molar-refractivity contribution is 5.30. The van der Waals surface area contributed by atoms with Crippen LogP contribution >= 0.6 is 0 Å². The van der Waals surface area contributed by atoms with Gasteiger partial charge in [0.15, 0.2) is 0 Å². The van der Waals surface area contributed by atoms with E-state index in [4.69, 9.17) is 0 Å². The van der Waals surface area contributed by atoms with Crippen LogP contribution in [0.15, 0.2) is 42.5 Å². The van der Waals surface area contributed by atoms with Crippen molar-refractivity contribution in [1.82, 2.24) is 5.32 Å². The fourth-order valence-corrected chi connectivity index (χ4v) is 2.45. The Bertz CT molecular complexity index is 596. The van der Waals surface area contributed by atoms with Crippen molar-refractivity contribution >= 4 is 0 Å². The number of nitrogens with one attached hydrogen (secondary N) is 1. The Labute approximate surface area is 125 Å². The van der Waals surface area contributed by atoms with Crippen LogP contribution in [0, 0.1) is 18.6 Å². The van der Waals surface area contributed by atoms with Crippen molar-refractivity contribution in [2.24, 2.45) is 0 Å². The highest BCUT2D eigenvalue weighted by Gasteiger charge is 2.16. The molecule has 1 unspecified atom stereocenters. The largest absolute Gasteiger partial charge is 0.310 e. The molecular formula is C18H21F2N. The summed E-state index contributed by atoms with van der Waals surface area (Å²) in [5, 5.41) is 3.36. The van der Waals surface area contributed by atoms with E-state index in [0.29, 0.717) is 12.0 Å². The number of aryl methyl sites for hydroxylation is 1. The van der Waals surface area contributed by atoms with Gasteiger partial charge in [-0.1, -0.05) is 31.2 Å². The van der Waals surface area contributed by atoms with Crippen LogP contribution in [0.2, 0.25) is 0 Å². The van der Waals surface area contributed by atoms with Gasteiger partial charge in [-0.3, -0.25) is 0 Å². The molecule has 0 amide bonds. The summed E-state index contributed by atoms with van der Waals surface area (Å²) in [4.78, 5) is 0. The SMILES string of the molecule is CCCNC(Cc1cc(F)ccc1C)c1ccccc1F. The monoisotopic (exact) mass is 289 g/mol.